The van der Waals surface area contributed by atoms with E-state index in [0.29, 0.717) is 5.69 Å². The fraction of sp³-hybridized carbons (Fsp3) is 0.444. The van der Waals surface area contributed by atoms with Crippen LogP contribution in [0.2, 0.25) is 0 Å². The lowest BCUT2D eigenvalue weighted by Gasteiger charge is -2.28. The molecular formula is C18H21F3N4O2. The van der Waals surface area contributed by atoms with Gasteiger partial charge >= 0.3 is 6.18 Å². The first kappa shape index (κ1) is 19.4. The van der Waals surface area contributed by atoms with Crippen LogP contribution in [0.15, 0.2) is 36.7 Å². The van der Waals surface area contributed by atoms with Crippen LogP contribution in [-0.4, -0.2) is 45.8 Å². The fourth-order valence-corrected chi connectivity index (χ4v) is 3.11. The second kappa shape index (κ2) is 7.69. The van der Waals surface area contributed by atoms with Crippen molar-refractivity contribution in [1.29, 1.82) is 0 Å². The van der Waals surface area contributed by atoms with Crippen LogP contribution in [0.5, 0.6) is 0 Å². The van der Waals surface area contributed by atoms with Gasteiger partial charge in [0.25, 0.3) is 5.91 Å². The zero-order chi connectivity index (χ0) is 19.6. The van der Waals surface area contributed by atoms with Crippen LogP contribution in [-0.2, 0) is 11.0 Å². The maximum absolute atomic E-state index is 12.8. The minimum Gasteiger partial charge on any atom is -0.378 e. The van der Waals surface area contributed by atoms with E-state index < -0.39 is 23.8 Å². The molecule has 6 nitrogen and oxygen atoms in total. The van der Waals surface area contributed by atoms with Gasteiger partial charge in [-0.15, -0.1) is 0 Å². The number of anilines is 1. The highest BCUT2D eigenvalue weighted by molar-refractivity contribution is 5.94. The van der Waals surface area contributed by atoms with Gasteiger partial charge in [0.15, 0.2) is 6.10 Å². The molecule has 3 rings (SSSR count). The molecule has 9 heteroatoms. The van der Waals surface area contributed by atoms with Gasteiger partial charge in [-0.05, 0) is 50.7 Å². The van der Waals surface area contributed by atoms with Gasteiger partial charge in [0.2, 0.25) is 0 Å². The summed E-state index contributed by atoms with van der Waals surface area (Å²) in [6, 6.07) is 4.33. The molecule has 1 amide bonds. The Kier molecular flexibility index (Phi) is 5.52. The van der Waals surface area contributed by atoms with Gasteiger partial charge in [-0.1, -0.05) is 12.1 Å². The highest BCUT2D eigenvalue weighted by atomic mass is 19.4. The molecule has 2 heterocycles. The number of likely N-dealkylation sites (tertiary alicyclic amines) is 1. The zero-order valence-corrected chi connectivity index (χ0v) is 14.8. The van der Waals surface area contributed by atoms with Crippen LogP contribution < -0.4 is 5.32 Å². The molecule has 2 aromatic rings. The van der Waals surface area contributed by atoms with E-state index in [0.717, 1.165) is 44.1 Å². The molecule has 27 heavy (non-hydrogen) atoms. The number of piperidine rings is 1. The highest BCUT2D eigenvalue weighted by Crippen LogP contribution is 2.31. The molecule has 2 N–H and O–H groups in total. The van der Waals surface area contributed by atoms with E-state index in [-0.39, 0.29) is 11.6 Å². The molecule has 1 fully saturated rings. The minimum absolute atomic E-state index is 0.120. The van der Waals surface area contributed by atoms with Crippen LogP contribution >= 0.6 is 0 Å². The summed E-state index contributed by atoms with van der Waals surface area (Å²) in [5.74, 6) is -0.808. The number of carbonyl (C=O) groups is 1. The molecule has 0 radical (unpaired) electrons. The van der Waals surface area contributed by atoms with E-state index in [1.807, 2.05) is 0 Å². The lowest BCUT2D eigenvalue weighted by molar-refractivity contribution is -0.138. The monoisotopic (exact) mass is 382 g/mol. The Bertz CT molecular complexity index is 798. The molecule has 0 bridgehead atoms. The van der Waals surface area contributed by atoms with Gasteiger partial charge in [0.1, 0.15) is 0 Å². The Morgan fingerprint density at radius 1 is 1.33 bits per heavy atom. The zero-order valence-electron chi connectivity index (χ0n) is 14.8. The van der Waals surface area contributed by atoms with E-state index >= 15 is 0 Å². The number of hydrogen-bond donors (Lipinski definition) is 2. The Hall–Kier alpha value is -2.39. The van der Waals surface area contributed by atoms with Crippen molar-refractivity contribution < 1.29 is 23.1 Å². The van der Waals surface area contributed by atoms with Crippen LogP contribution in [0.25, 0.3) is 0 Å². The number of hydrogen-bond acceptors (Lipinski definition) is 4. The number of aliphatic hydroxyl groups excluding tert-OH is 1. The number of rotatable bonds is 4. The second-order valence-electron chi connectivity index (χ2n) is 6.76. The smallest absolute Gasteiger partial charge is 0.378 e. The third kappa shape index (κ3) is 4.67. The van der Waals surface area contributed by atoms with Crippen molar-refractivity contribution in [3.8, 4) is 0 Å². The number of amides is 1. The minimum atomic E-state index is -4.54. The third-order valence-electron chi connectivity index (χ3n) is 4.71. The standard InChI is InChI=1S/C18H21F3N4O2/c1-24-7-5-15(6-8-24)25-11-14(10-22-25)23-17(27)16(26)12-3-2-4-13(9-12)18(19,20)21/h2-4,9-11,15-16,26H,5-8H2,1H3,(H,23,27). The maximum Gasteiger partial charge on any atom is 0.416 e. The predicted octanol–water partition coefficient (Wildman–Crippen LogP) is 2.84. The summed E-state index contributed by atoms with van der Waals surface area (Å²) in [5, 5.41) is 16.9. The molecular weight excluding hydrogens is 361 g/mol. The molecule has 1 aliphatic heterocycles. The van der Waals surface area contributed by atoms with Crippen molar-refractivity contribution in [2.24, 2.45) is 0 Å². The molecule has 0 saturated carbocycles. The largest absolute Gasteiger partial charge is 0.416 e. The number of carbonyl (C=O) groups excluding carboxylic acids is 1. The molecule has 1 unspecified atom stereocenters. The second-order valence-corrected chi connectivity index (χ2v) is 6.76. The van der Waals surface area contributed by atoms with Crippen LogP contribution in [0.1, 0.15) is 36.1 Å². The Labute approximate surface area is 154 Å². The Morgan fingerprint density at radius 3 is 2.70 bits per heavy atom. The highest BCUT2D eigenvalue weighted by Gasteiger charge is 2.31. The van der Waals surface area contributed by atoms with Crippen molar-refractivity contribution in [2.75, 3.05) is 25.5 Å². The number of alkyl halides is 3. The van der Waals surface area contributed by atoms with Crippen LogP contribution in [0, 0.1) is 0 Å². The summed E-state index contributed by atoms with van der Waals surface area (Å²) in [6.07, 6.45) is -1.22. The molecule has 1 atom stereocenters. The summed E-state index contributed by atoms with van der Waals surface area (Å²) in [7, 11) is 2.06. The Morgan fingerprint density at radius 2 is 2.04 bits per heavy atom. The van der Waals surface area contributed by atoms with Crippen LogP contribution in [0.3, 0.4) is 0 Å². The quantitative estimate of drug-likeness (QED) is 0.853. The summed E-state index contributed by atoms with van der Waals surface area (Å²) in [5.41, 5.74) is -0.642. The molecule has 1 aromatic carbocycles. The van der Waals surface area contributed by atoms with Crippen molar-refractivity contribution >= 4 is 11.6 Å². The summed E-state index contributed by atoms with van der Waals surface area (Å²) in [4.78, 5) is 14.4. The average Bonchev–Trinajstić information content (AvgIpc) is 3.09. The number of aromatic nitrogens is 2. The summed E-state index contributed by atoms with van der Waals surface area (Å²) >= 11 is 0. The van der Waals surface area contributed by atoms with E-state index in [4.69, 9.17) is 0 Å². The van der Waals surface area contributed by atoms with Gasteiger partial charge < -0.3 is 15.3 Å². The number of nitrogens with zero attached hydrogens (tertiary/aromatic N) is 3. The first-order chi connectivity index (χ1) is 12.7. The van der Waals surface area contributed by atoms with Gasteiger partial charge in [-0.2, -0.15) is 18.3 Å². The topological polar surface area (TPSA) is 70.4 Å². The SMILES string of the molecule is CN1CCC(n2cc(NC(=O)C(O)c3cccc(C(F)(F)F)c3)cn2)CC1. The number of aliphatic hydroxyl groups is 1. The molecule has 0 spiro atoms. The van der Waals surface area contributed by atoms with Crippen LogP contribution in [0.4, 0.5) is 18.9 Å². The maximum atomic E-state index is 12.8. The average molecular weight is 382 g/mol. The van der Waals surface area contributed by atoms with Crippen molar-refractivity contribution in [1.82, 2.24) is 14.7 Å². The lowest BCUT2D eigenvalue weighted by atomic mass is 10.1. The summed E-state index contributed by atoms with van der Waals surface area (Å²) in [6.45, 7) is 1.92. The van der Waals surface area contributed by atoms with Gasteiger partial charge in [-0.25, -0.2) is 0 Å². The lowest BCUT2D eigenvalue weighted by Crippen LogP contribution is -2.31. The first-order valence-corrected chi connectivity index (χ1v) is 8.63. The molecule has 1 aliphatic rings. The van der Waals surface area contributed by atoms with Crippen molar-refractivity contribution in [3.05, 3.63) is 47.8 Å². The molecule has 0 aliphatic carbocycles. The van der Waals surface area contributed by atoms with E-state index in [2.05, 4.69) is 22.4 Å². The van der Waals surface area contributed by atoms with Gasteiger partial charge in [-0.3, -0.25) is 9.48 Å². The number of halogens is 3. The van der Waals surface area contributed by atoms with Gasteiger partial charge in [0.05, 0.1) is 23.5 Å². The fourth-order valence-electron chi connectivity index (χ4n) is 3.11. The molecule has 146 valence electrons. The van der Waals surface area contributed by atoms with Crippen molar-refractivity contribution in [3.63, 3.8) is 0 Å². The Balaban J connectivity index is 1.65. The van der Waals surface area contributed by atoms with Gasteiger partial charge in [0, 0.05) is 6.20 Å². The number of nitrogens with one attached hydrogen (secondary N) is 1. The van der Waals surface area contributed by atoms with E-state index in [9.17, 15) is 23.1 Å². The van der Waals surface area contributed by atoms with Crippen molar-refractivity contribution in [2.45, 2.75) is 31.2 Å². The summed E-state index contributed by atoms with van der Waals surface area (Å²) < 4.78 is 40.1. The van der Waals surface area contributed by atoms with E-state index in [1.54, 1.807) is 10.9 Å². The number of benzene rings is 1. The predicted molar refractivity (Wildman–Crippen MR) is 93.0 cm³/mol. The molecule has 1 aromatic heterocycles. The third-order valence-corrected chi connectivity index (χ3v) is 4.71. The molecule has 1 saturated heterocycles. The first-order valence-electron chi connectivity index (χ1n) is 8.63. The van der Waals surface area contributed by atoms with E-state index in [1.165, 1.54) is 12.3 Å². The normalized spacial score (nSPS) is 17.7.